The van der Waals surface area contributed by atoms with Crippen LogP contribution in [0, 0.1) is 11.8 Å². The highest BCUT2D eigenvalue weighted by Gasteiger charge is 2.42. The van der Waals surface area contributed by atoms with Gasteiger partial charge in [-0.05, 0) is 50.1 Å². The fourth-order valence-corrected chi connectivity index (χ4v) is 3.70. The van der Waals surface area contributed by atoms with E-state index < -0.39 is 0 Å². The van der Waals surface area contributed by atoms with Gasteiger partial charge in [0.15, 0.2) is 0 Å². The zero-order valence-electron chi connectivity index (χ0n) is 16.5. The average molecular weight is 406 g/mol. The van der Waals surface area contributed by atoms with Gasteiger partial charge in [-0.3, -0.25) is 19.8 Å². The van der Waals surface area contributed by atoms with Crippen molar-refractivity contribution in [1.82, 2.24) is 10.4 Å². The molecule has 4 rings (SSSR count). The third-order valence-electron chi connectivity index (χ3n) is 5.20. The third-order valence-corrected chi connectivity index (χ3v) is 5.20. The number of anilines is 2. The first kappa shape index (κ1) is 19.6. The van der Waals surface area contributed by atoms with Crippen molar-refractivity contribution in [1.29, 1.82) is 0 Å². The van der Waals surface area contributed by atoms with Crippen molar-refractivity contribution < 1.29 is 19.1 Å². The minimum atomic E-state index is -0.384. The van der Waals surface area contributed by atoms with Gasteiger partial charge < -0.3 is 10.1 Å². The molecule has 2 heterocycles. The van der Waals surface area contributed by atoms with Crippen molar-refractivity contribution in [3.05, 3.63) is 60.3 Å². The molecular formula is C22H22N4O4. The fourth-order valence-electron chi connectivity index (χ4n) is 3.70. The van der Waals surface area contributed by atoms with Crippen LogP contribution in [0.5, 0.6) is 5.88 Å². The van der Waals surface area contributed by atoms with Gasteiger partial charge >= 0.3 is 0 Å². The second-order valence-corrected chi connectivity index (χ2v) is 7.10. The summed E-state index contributed by atoms with van der Waals surface area (Å²) in [7, 11) is 0. The standard InChI is InChI=1S/C22H22N4O4/c1-2-30-21-18(11-6-12-23-21)24-19(27)14-7-5-8-15(13-14)26-22(29)17-10-4-3-9-16(17)20(28)25-26/h3-8,11-13,16-17H,2,9-10H2,1H3,(H,24,27)(H,25,28). The van der Waals surface area contributed by atoms with E-state index in [-0.39, 0.29) is 29.6 Å². The molecule has 2 aromatic rings. The summed E-state index contributed by atoms with van der Waals surface area (Å²) in [6.07, 6.45) is 6.55. The number of nitrogens with one attached hydrogen (secondary N) is 2. The Morgan fingerprint density at radius 3 is 2.80 bits per heavy atom. The number of allylic oxidation sites excluding steroid dienone is 2. The number of hydrogen-bond donors (Lipinski definition) is 2. The first-order valence-electron chi connectivity index (χ1n) is 9.87. The van der Waals surface area contributed by atoms with E-state index in [1.165, 1.54) is 5.01 Å². The van der Waals surface area contributed by atoms with E-state index in [0.29, 0.717) is 42.3 Å². The van der Waals surface area contributed by atoms with Gasteiger partial charge in [0.05, 0.1) is 24.1 Å². The van der Waals surface area contributed by atoms with Crippen LogP contribution in [-0.4, -0.2) is 29.3 Å². The van der Waals surface area contributed by atoms with Crippen LogP contribution in [0.1, 0.15) is 30.1 Å². The molecule has 1 saturated heterocycles. The maximum Gasteiger partial charge on any atom is 0.255 e. The smallest absolute Gasteiger partial charge is 0.255 e. The zero-order valence-corrected chi connectivity index (χ0v) is 16.5. The van der Waals surface area contributed by atoms with Crippen molar-refractivity contribution in [2.75, 3.05) is 16.9 Å². The van der Waals surface area contributed by atoms with Crippen LogP contribution in [0.4, 0.5) is 11.4 Å². The lowest BCUT2D eigenvalue weighted by Gasteiger charge is -2.38. The summed E-state index contributed by atoms with van der Waals surface area (Å²) in [5, 5.41) is 4.03. The lowest BCUT2D eigenvalue weighted by atomic mass is 9.80. The van der Waals surface area contributed by atoms with E-state index in [1.807, 2.05) is 19.1 Å². The summed E-state index contributed by atoms with van der Waals surface area (Å²) >= 11 is 0. The van der Waals surface area contributed by atoms with Gasteiger partial charge in [-0.15, -0.1) is 0 Å². The Morgan fingerprint density at radius 1 is 1.20 bits per heavy atom. The van der Waals surface area contributed by atoms with Gasteiger partial charge in [-0.2, -0.15) is 0 Å². The second kappa shape index (κ2) is 8.36. The van der Waals surface area contributed by atoms with Crippen molar-refractivity contribution >= 4 is 29.1 Å². The molecule has 0 spiro atoms. The molecule has 0 bridgehead atoms. The van der Waals surface area contributed by atoms with Crippen LogP contribution in [0.15, 0.2) is 54.7 Å². The number of nitrogens with zero attached hydrogens (tertiary/aromatic N) is 2. The topological polar surface area (TPSA) is 101 Å². The molecule has 8 heteroatoms. The van der Waals surface area contributed by atoms with E-state index >= 15 is 0 Å². The van der Waals surface area contributed by atoms with E-state index in [4.69, 9.17) is 4.74 Å². The summed E-state index contributed by atoms with van der Waals surface area (Å²) in [6.45, 7) is 2.25. The Bertz CT molecular complexity index is 1020. The monoisotopic (exact) mass is 406 g/mol. The van der Waals surface area contributed by atoms with Crippen LogP contribution in [-0.2, 0) is 9.59 Å². The summed E-state index contributed by atoms with van der Waals surface area (Å²) in [6, 6.07) is 9.96. The fraction of sp³-hybridized carbons (Fsp3) is 0.273. The third kappa shape index (κ3) is 3.76. The Kier molecular flexibility index (Phi) is 5.47. The molecule has 1 aromatic carbocycles. The molecular weight excluding hydrogens is 384 g/mol. The highest BCUT2D eigenvalue weighted by molar-refractivity contribution is 6.07. The number of amides is 3. The molecule has 8 nitrogen and oxygen atoms in total. The first-order chi connectivity index (χ1) is 14.6. The summed E-state index contributed by atoms with van der Waals surface area (Å²) in [5.74, 6) is -1.12. The largest absolute Gasteiger partial charge is 0.476 e. The van der Waals surface area contributed by atoms with Crippen LogP contribution >= 0.6 is 0 Å². The minimum absolute atomic E-state index is 0.174. The van der Waals surface area contributed by atoms with Gasteiger partial charge in [0, 0.05) is 11.8 Å². The number of ether oxygens (including phenoxy) is 1. The molecule has 1 fully saturated rings. The lowest BCUT2D eigenvalue weighted by molar-refractivity contribution is -0.139. The molecule has 3 amide bonds. The Hall–Kier alpha value is -3.68. The van der Waals surface area contributed by atoms with E-state index in [0.717, 1.165) is 0 Å². The number of aromatic nitrogens is 1. The quantitative estimate of drug-likeness (QED) is 0.744. The van der Waals surface area contributed by atoms with E-state index in [9.17, 15) is 14.4 Å². The predicted octanol–water partition coefficient (Wildman–Crippen LogP) is 2.69. The van der Waals surface area contributed by atoms with Gasteiger partial charge in [-0.1, -0.05) is 18.2 Å². The summed E-state index contributed by atoms with van der Waals surface area (Å²) < 4.78 is 5.44. The number of benzene rings is 1. The number of pyridine rings is 1. The minimum Gasteiger partial charge on any atom is -0.476 e. The van der Waals surface area contributed by atoms with Crippen LogP contribution < -0.4 is 20.5 Å². The maximum absolute atomic E-state index is 12.9. The normalized spacial score (nSPS) is 20.4. The molecule has 0 saturated carbocycles. The predicted molar refractivity (Wildman–Crippen MR) is 111 cm³/mol. The highest BCUT2D eigenvalue weighted by Crippen LogP contribution is 2.32. The van der Waals surface area contributed by atoms with Gasteiger partial charge in [0.25, 0.3) is 5.91 Å². The summed E-state index contributed by atoms with van der Waals surface area (Å²) in [5.41, 5.74) is 3.90. The molecule has 154 valence electrons. The van der Waals surface area contributed by atoms with Crippen LogP contribution in [0.25, 0.3) is 0 Å². The van der Waals surface area contributed by atoms with Crippen molar-refractivity contribution in [2.24, 2.45) is 11.8 Å². The average Bonchev–Trinajstić information content (AvgIpc) is 2.78. The van der Waals surface area contributed by atoms with Crippen LogP contribution in [0.3, 0.4) is 0 Å². The second-order valence-electron chi connectivity index (χ2n) is 7.10. The highest BCUT2D eigenvalue weighted by atomic mass is 16.5. The molecule has 2 atom stereocenters. The van der Waals surface area contributed by atoms with Gasteiger partial charge in [0.2, 0.25) is 17.7 Å². The maximum atomic E-state index is 12.9. The molecule has 2 aliphatic rings. The molecule has 2 unspecified atom stereocenters. The van der Waals surface area contributed by atoms with Crippen molar-refractivity contribution in [3.8, 4) is 5.88 Å². The van der Waals surface area contributed by atoms with Crippen molar-refractivity contribution in [3.63, 3.8) is 0 Å². The number of hydrogen-bond acceptors (Lipinski definition) is 5. The lowest BCUT2D eigenvalue weighted by Crippen LogP contribution is -2.59. The summed E-state index contributed by atoms with van der Waals surface area (Å²) in [4.78, 5) is 42.3. The SMILES string of the molecule is CCOc1ncccc1NC(=O)c1cccc(N2NC(=O)C3CC=CCC3C2=O)c1. The number of carbonyl (C=O) groups excluding carboxylic acids is 3. The van der Waals surface area contributed by atoms with Crippen molar-refractivity contribution in [2.45, 2.75) is 19.8 Å². The van der Waals surface area contributed by atoms with Gasteiger partial charge in [-0.25, -0.2) is 9.99 Å². The Labute approximate surface area is 173 Å². The van der Waals surface area contributed by atoms with E-state index in [1.54, 1.807) is 42.6 Å². The van der Waals surface area contributed by atoms with Crippen LogP contribution in [0.2, 0.25) is 0 Å². The molecule has 1 aromatic heterocycles. The molecule has 2 N–H and O–H groups in total. The Balaban J connectivity index is 1.56. The first-order valence-corrected chi connectivity index (χ1v) is 9.87. The number of hydrazine groups is 1. The van der Waals surface area contributed by atoms with E-state index in [2.05, 4.69) is 15.7 Å². The Morgan fingerprint density at radius 2 is 2.00 bits per heavy atom. The molecule has 1 aliphatic heterocycles. The number of rotatable bonds is 5. The zero-order chi connectivity index (χ0) is 21.1. The number of carbonyl (C=O) groups is 3. The van der Waals surface area contributed by atoms with Gasteiger partial charge in [0.1, 0.15) is 5.69 Å². The molecule has 1 aliphatic carbocycles. The molecule has 30 heavy (non-hydrogen) atoms. The molecule has 0 radical (unpaired) electrons. The number of fused-ring (bicyclic) bond motifs is 1.